The van der Waals surface area contributed by atoms with Crippen LogP contribution in [-0.4, -0.2) is 94.6 Å². The lowest BCUT2D eigenvalue weighted by atomic mass is 10.1. The summed E-state index contributed by atoms with van der Waals surface area (Å²) in [6.07, 6.45) is 6.32. The van der Waals surface area contributed by atoms with Crippen LogP contribution in [0.15, 0.2) is 52.0 Å². The van der Waals surface area contributed by atoms with Crippen LogP contribution in [0.5, 0.6) is 0 Å². The number of pyridine rings is 1. The Labute approximate surface area is 255 Å². The van der Waals surface area contributed by atoms with Crippen LogP contribution >= 0.6 is 0 Å². The van der Waals surface area contributed by atoms with Crippen molar-refractivity contribution >= 4 is 46.2 Å². The average molecular weight is 600 g/mol. The van der Waals surface area contributed by atoms with E-state index in [1.54, 1.807) is 28.0 Å². The van der Waals surface area contributed by atoms with Crippen molar-refractivity contribution in [1.82, 2.24) is 25.0 Å². The fourth-order valence-corrected chi connectivity index (χ4v) is 5.75. The molecule has 44 heavy (non-hydrogen) atoms. The first-order valence-electron chi connectivity index (χ1n) is 15.3. The van der Waals surface area contributed by atoms with E-state index in [0.717, 1.165) is 61.9 Å². The van der Waals surface area contributed by atoms with Gasteiger partial charge < -0.3 is 24.4 Å². The molecule has 0 unspecified atom stereocenters. The molecule has 0 saturated carbocycles. The van der Waals surface area contributed by atoms with Crippen molar-refractivity contribution in [2.24, 2.45) is 4.99 Å². The maximum absolute atomic E-state index is 13.7. The third-order valence-electron chi connectivity index (χ3n) is 8.34. The highest BCUT2D eigenvalue weighted by Gasteiger charge is 2.31. The first-order valence-corrected chi connectivity index (χ1v) is 15.3. The summed E-state index contributed by atoms with van der Waals surface area (Å²) in [6.45, 7) is 5.27. The number of anilines is 1. The SMILES string of the molecule is Cc1cc2cc(NC(=N[C@H]3CCCCN(CC(=O)N4CCCC4)C3=O)NC(=O)c3ccc(C(=O)N4CCC4)nc3)ccc2o1. The van der Waals surface area contributed by atoms with Crippen molar-refractivity contribution in [3.63, 3.8) is 0 Å². The zero-order valence-electron chi connectivity index (χ0n) is 24.9. The Bertz CT molecular complexity index is 1590. The second kappa shape index (κ2) is 12.9. The van der Waals surface area contributed by atoms with Crippen LogP contribution in [0.2, 0.25) is 0 Å². The summed E-state index contributed by atoms with van der Waals surface area (Å²) < 4.78 is 5.69. The highest BCUT2D eigenvalue weighted by molar-refractivity contribution is 6.11. The number of carbonyl (C=O) groups excluding carboxylic acids is 4. The van der Waals surface area contributed by atoms with Crippen molar-refractivity contribution in [3.05, 3.63) is 59.6 Å². The number of aliphatic imine (C=N–C) groups is 1. The molecular formula is C32H37N7O5. The highest BCUT2D eigenvalue weighted by Crippen LogP contribution is 2.23. The van der Waals surface area contributed by atoms with Gasteiger partial charge in [-0.15, -0.1) is 0 Å². The molecule has 3 aromatic rings. The number of amides is 4. The maximum Gasteiger partial charge on any atom is 0.272 e. The molecule has 3 aliphatic rings. The van der Waals surface area contributed by atoms with Gasteiger partial charge in [0.15, 0.2) is 0 Å². The van der Waals surface area contributed by atoms with E-state index in [1.807, 2.05) is 30.0 Å². The van der Waals surface area contributed by atoms with Crippen LogP contribution in [0.3, 0.4) is 0 Å². The number of furan rings is 1. The highest BCUT2D eigenvalue weighted by atomic mass is 16.3. The molecule has 1 aromatic carbocycles. The number of fused-ring (bicyclic) bond motifs is 1. The molecule has 230 valence electrons. The molecule has 0 bridgehead atoms. The summed E-state index contributed by atoms with van der Waals surface area (Å²) >= 11 is 0. The van der Waals surface area contributed by atoms with Gasteiger partial charge in [-0.25, -0.2) is 4.99 Å². The second-order valence-corrected chi connectivity index (χ2v) is 11.6. The molecule has 2 N–H and O–H groups in total. The molecular weight excluding hydrogens is 562 g/mol. The van der Waals surface area contributed by atoms with E-state index >= 15 is 0 Å². The molecule has 5 heterocycles. The number of nitrogens with one attached hydrogen (secondary N) is 2. The van der Waals surface area contributed by atoms with Gasteiger partial charge in [0.1, 0.15) is 23.1 Å². The summed E-state index contributed by atoms with van der Waals surface area (Å²) in [7, 11) is 0. The molecule has 1 atom stereocenters. The molecule has 4 amide bonds. The van der Waals surface area contributed by atoms with Crippen molar-refractivity contribution in [1.29, 1.82) is 0 Å². The number of nitrogens with zero attached hydrogens (tertiary/aromatic N) is 5. The molecule has 0 radical (unpaired) electrons. The number of guanidine groups is 1. The fraction of sp³-hybridized carbons (Fsp3) is 0.438. The number of aryl methyl sites for hydroxylation is 1. The Kier molecular flexibility index (Phi) is 8.58. The van der Waals surface area contributed by atoms with Crippen molar-refractivity contribution in [3.8, 4) is 0 Å². The smallest absolute Gasteiger partial charge is 0.272 e. The Morgan fingerprint density at radius 2 is 1.73 bits per heavy atom. The summed E-state index contributed by atoms with van der Waals surface area (Å²) in [6, 6.07) is 9.73. The molecule has 3 fully saturated rings. The Hall–Kier alpha value is -4.74. The van der Waals surface area contributed by atoms with Gasteiger partial charge in [-0.2, -0.15) is 0 Å². The lowest BCUT2D eigenvalue weighted by Crippen LogP contribution is -2.45. The normalized spacial score (nSPS) is 19.1. The molecule has 0 spiro atoms. The van der Waals surface area contributed by atoms with Crippen LogP contribution < -0.4 is 10.6 Å². The summed E-state index contributed by atoms with van der Waals surface area (Å²) in [5.41, 5.74) is 1.90. The van der Waals surface area contributed by atoms with E-state index < -0.39 is 11.9 Å². The van der Waals surface area contributed by atoms with Crippen LogP contribution in [0.1, 0.15) is 65.1 Å². The number of aromatic nitrogens is 1. The molecule has 3 aliphatic heterocycles. The Balaban J connectivity index is 1.23. The van der Waals surface area contributed by atoms with Gasteiger partial charge in [-0.05, 0) is 81.8 Å². The topological polar surface area (TPSA) is 140 Å². The van der Waals surface area contributed by atoms with E-state index in [0.29, 0.717) is 31.7 Å². The number of benzene rings is 1. The molecule has 12 heteroatoms. The van der Waals surface area contributed by atoms with Gasteiger partial charge >= 0.3 is 0 Å². The van der Waals surface area contributed by atoms with Crippen molar-refractivity contribution < 1.29 is 23.6 Å². The first-order chi connectivity index (χ1) is 21.3. The minimum Gasteiger partial charge on any atom is -0.461 e. The average Bonchev–Trinajstić information content (AvgIpc) is 3.62. The number of hydrogen-bond acceptors (Lipinski definition) is 7. The van der Waals surface area contributed by atoms with Crippen LogP contribution in [0.25, 0.3) is 11.0 Å². The minimum absolute atomic E-state index is 0.0324. The predicted octanol–water partition coefficient (Wildman–Crippen LogP) is 3.18. The molecule has 6 rings (SSSR count). The number of rotatable bonds is 6. The fourth-order valence-electron chi connectivity index (χ4n) is 5.75. The lowest BCUT2D eigenvalue weighted by Gasteiger charge is -2.30. The number of carbonyl (C=O) groups is 4. The van der Waals surface area contributed by atoms with Crippen LogP contribution in [0, 0.1) is 6.92 Å². The van der Waals surface area contributed by atoms with E-state index in [2.05, 4.69) is 15.6 Å². The second-order valence-electron chi connectivity index (χ2n) is 11.6. The summed E-state index contributed by atoms with van der Waals surface area (Å²) in [5.74, 6) is -0.0537. The zero-order chi connectivity index (χ0) is 30.6. The van der Waals surface area contributed by atoms with Crippen molar-refractivity contribution in [2.45, 2.75) is 51.5 Å². The van der Waals surface area contributed by atoms with Gasteiger partial charge in [0.05, 0.1) is 12.1 Å². The largest absolute Gasteiger partial charge is 0.461 e. The summed E-state index contributed by atoms with van der Waals surface area (Å²) in [4.78, 5) is 66.4. The first kappa shape index (κ1) is 29.3. The van der Waals surface area contributed by atoms with Gasteiger partial charge in [-0.3, -0.25) is 29.5 Å². The van der Waals surface area contributed by atoms with E-state index in [4.69, 9.17) is 9.41 Å². The van der Waals surface area contributed by atoms with Gasteiger partial charge in [0, 0.05) is 50.0 Å². The standard InChI is InChI=1S/C32H37N7O5/c1-21-17-23-18-24(9-11-27(23)44-21)34-32(36-29(41)22-8-10-25(33-19-22)30(42)38-15-6-16-38)35-26-7-2-3-14-39(31(26)43)20-28(40)37-12-4-5-13-37/h8-11,17-19,26H,2-7,12-16,20H2,1H3,(H2,34,35,36,41)/t26-/m0/s1. The molecule has 3 saturated heterocycles. The quantitative estimate of drug-likeness (QED) is 0.328. The molecule has 12 nitrogen and oxygen atoms in total. The van der Waals surface area contributed by atoms with E-state index in [9.17, 15) is 19.2 Å². The molecule has 0 aliphatic carbocycles. The number of likely N-dealkylation sites (tertiary alicyclic amines) is 3. The van der Waals surface area contributed by atoms with Crippen molar-refractivity contribution in [2.75, 3.05) is 44.6 Å². The van der Waals surface area contributed by atoms with E-state index in [-0.39, 0.29) is 41.5 Å². The maximum atomic E-state index is 13.7. The summed E-state index contributed by atoms with van der Waals surface area (Å²) in [5, 5.41) is 6.87. The zero-order valence-corrected chi connectivity index (χ0v) is 24.9. The number of hydrogen-bond donors (Lipinski definition) is 2. The Morgan fingerprint density at radius 3 is 2.45 bits per heavy atom. The van der Waals surface area contributed by atoms with Crippen LogP contribution in [-0.2, 0) is 9.59 Å². The van der Waals surface area contributed by atoms with E-state index in [1.165, 1.54) is 6.20 Å². The van der Waals surface area contributed by atoms with Crippen LogP contribution in [0.4, 0.5) is 5.69 Å². The van der Waals surface area contributed by atoms with Gasteiger partial charge in [0.25, 0.3) is 11.8 Å². The lowest BCUT2D eigenvalue weighted by molar-refractivity contribution is -0.140. The molecule has 2 aromatic heterocycles. The Morgan fingerprint density at radius 1 is 0.955 bits per heavy atom. The monoisotopic (exact) mass is 599 g/mol. The van der Waals surface area contributed by atoms with Gasteiger partial charge in [-0.1, -0.05) is 0 Å². The predicted molar refractivity (Wildman–Crippen MR) is 164 cm³/mol. The minimum atomic E-state index is -0.777. The van der Waals surface area contributed by atoms with Gasteiger partial charge in [0.2, 0.25) is 17.8 Å². The third-order valence-corrected chi connectivity index (χ3v) is 8.34. The third kappa shape index (κ3) is 6.58.